The number of piperidine rings is 1. The maximum absolute atomic E-state index is 12.5. The van der Waals surface area contributed by atoms with Crippen molar-refractivity contribution >= 4 is 35.6 Å². The number of carbonyl (C=O) groups excluding carboxylic acids is 1. The van der Waals surface area contributed by atoms with Crippen molar-refractivity contribution in [3.63, 3.8) is 0 Å². The van der Waals surface area contributed by atoms with Gasteiger partial charge in [0, 0.05) is 41.9 Å². The molecule has 1 aromatic carbocycles. The van der Waals surface area contributed by atoms with Crippen molar-refractivity contribution in [2.75, 3.05) is 13.1 Å². The Balaban J connectivity index is 0.00000242. The van der Waals surface area contributed by atoms with E-state index in [0.717, 1.165) is 0 Å². The van der Waals surface area contributed by atoms with Crippen LogP contribution in [0.3, 0.4) is 0 Å². The Morgan fingerprint density at radius 2 is 2.09 bits per heavy atom. The number of halogens is 2. The van der Waals surface area contributed by atoms with E-state index in [1.807, 2.05) is 13.8 Å². The SMILES string of the molecule is CC1(C)CN(C(=O)c2cc(Cl)cc([N+](=O)[O-])c2)CCC1N.Cl. The van der Waals surface area contributed by atoms with Crippen molar-refractivity contribution in [1.82, 2.24) is 4.90 Å². The number of benzene rings is 1. The molecule has 0 saturated carbocycles. The largest absolute Gasteiger partial charge is 0.338 e. The van der Waals surface area contributed by atoms with Gasteiger partial charge in [-0.1, -0.05) is 25.4 Å². The van der Waals surface area contributed by atoms with Gasteiger partial charge in [-0.2, -0.15) is 0 Å². The number of nitro groups is 1. The zero-order valence-corrected chi connectivity index (χ0v) is 14.0. The molecule has 1 aromatic rings. The average Bonchev–Trinajstić information content (AvgIpc) is 2.40. The van der Waals surface area contributed by atoms with E-state index in [4.69, 9.17) is 17.3 Å². The van der Waals surface area contributed by atoms with Crippen molar-refractivity contribution in [2.45, 2.75) is 26.3 Å². The minimum Gasteiger partial charge on any atom is -0.338 e. The predicted octanol–water partition coefficient (Wildman–Crippen LogP) is 2.87. The maximum Gasteiger partial charge on any atom is 0.271 e. The van der Waals surface area contributed by atoms with Gasteiger partial charge in [0.25, 0.3) is 11.6 Å². The Labute approximate surface area is 140 Å². The highest BCUT2D eigenvalue weighted by Gasteiger charge is 2.35. The summed E-state index contributed by atoms with van der Waals surface area (Å²) in [6, 6.07) is 3.98. The average molecular weight is 348 g/mol. The van der Waals surface area contributed by atoms with Gasteiger partial charge in [0.15, 0.2) is 0 Å². The molecule has 1 aliphatic heterocycles. The Morgan fingerprint density at radius 1 is 1.45 bits per heavy atom. The smallest absolute Gasteiger partial charge is 0.271 e. The number of likely N-dealkylation sites (tertiary alicyclic amines) is 1. The quantitative estimate of drug-likeness (QED) is 0.657. The van der Waals surface area contributed by atoms with Gasteiger partial charge in [-0.15, -0.1) is 12.4 Å². The number of hydrogen-bond acceptors (Lipinski definition) is 4. The van der Waals surface area contributed by atoms with E-state index in [9.17, 15) is 14.9 Å². The number of non-ortho nitro benzene ring substituents is 1. The van der Waals surface area contributed by atoms with Crippen LogP contribution in [0.4, 0.5) is 5.69 Å². The van der Waals surface area contributed by atoms with E-state index >= 15 is 0 Å². The van der Waals surface area contributed by atoms with E-state index in [2.05, 4.69) is 0 Å². The highest BCUT2D eigenvalue weighted by Crippen LogP contribution is 2.29. The molecular formula is C14H19Cl2N3O3. The third-order valence-electron chi connectivity index (χ3n) is 3.94. The third kappa shape index (κ3) is 3.88. The molecule has 2 rings (SSSR count). The lowest BCUT2D eigenvalue weighted by Gasteiger charge is -2.42. The monoisotopic (exact) mass is 347 g/mol. The van der Waals surface area contributed by atoms with E-state index in [0.29, 0.717) is 19.5 Å². The third-order valence-corrected chi connectivity index (χ3v) is 4.16. The topological polar surface area (TPSA) is 89.5 Å². The number of nitrogens with zero attached hydrogens (tertiary/aromatic N) is 2. The summed E-state index contributed by atoms with van der Waals surface area (Å²) >= 11 is 5.86. The molecule has 0 spiro atoms. The molecule has 1 fully saturated rings. The number of amides is 1. The lowest BCUT2D eigenvalue weighted by atomic mass is 9.79. The molecule has 1 unspecified atom stereocenters. The van der Waals surface area contributed by atoms with E-state index in [1.54, 1.807) is 4.90 Å². The van der Waals surface area contributed by atoms with Gasteiger partial charge in [0.1, 0.15) is 0 Å². The molecule has 1 heterocycles. The molecule has 0 radical (unpaired) electrons. The summed E-state index contributed by atoms with van der Waals surface area (Å²) in [7, 11) is 0. The molecule has 122 valence electrons. The molecule has 8 heteroatoms. The Bertz CT molecular complexity index is 593. The second kappa shape index (κ2) is 6.81. The number of nitro benzene ring substituents is 1. The molecule has 22 heavy (non-hydrogen) atoms. The van der Waals surface area contributed by atoms with Gasteiger partial charge in [-0.25, -0.2) is 0 Å². The molecule has 6 nitrogen and oxygen atoms in total. The molecule has 0 bridgehead atoms. The summed E-state index contributed by atoms with van der Waals surface area (Å²) < 4.78 is 0. The van der Waals surface area contributed by atoms with Gasteiger partial charge in [-0.05, 0) is 17.9 Å². The zero-order chi connectivity index (χ0) is 15.8. The van der Waals surface area contributed by atoms with Crippen molar-refractivity contribution < 1.29 is 9.72 Å². The van der Waals surface area contributed by atoms with Crippen LogP contribution >= 0.6 is 24.0 Å². The van der Waals surface area contributed by atoms with Crippen LogP contribution < -0.4 is 5.73 Å². The highest BCUT2D eigenvalue weighted by molar-refractivity contribution is 6.31. The number of carbonyl (C=O) groups is 1. The van der Waals surface area contributed by atoms with Gasteiger partial charge in [-0.3, -0.25) is 14.9 Å². The van der Waals surface area contributed by atoms with Crippen molar-refractivity contribution in [3.05, 3.63) is 38.9 Å². The van der Waals surface area contributed by atoms with Crippen LogP contribution in [-0.4, -0.2) is 34.9 Å². The van der Waals surface area contributed by atoms with Crippen LogP contribution in [0.5, 0.6) is 0 Å². The van der Waals surface area contributed by atoms with Crippen molar-refractivity contribution in [3.8, 4) is 0 Å². The maximum atomic E-state index is 12.5. The second-order valence-electron chi connectivity index (χ2n) is 6.07. The first-order chi connectivity index (χ1) is 9.70. The molecule has 1 saturated heterocycles. The standard InChI is InChI=1S/C14H18ClN3O3.ClH/c1-14(2)8-17(4-3-12(14)16)13(19)9-5-10(15)7-11(6-9)18(20)21;/h5-7,12H,3-4,8,16H2,1-2H3;1H. The summed E-state index contributed by atoms with van der Waals surface area (Å²) in [6.45, 7) is 5.09. The summed E-state index contributed by atoms with van der Waals surface area (Å²) in [4.78, 5) is 24.5. The molecule has 1 amide bonds. The Hall–Kier alpha value is -1.37. The Kier molecular flexibility index (Phi) is 5.78. The normalized spacial score (nSPS) is 20.2. The van der Waals surface area contributed by atoms with Gasteiger partial charge < -0.3 is 10.6 Å². The fourth-order valence-electron chi connectivity index (χ4n) is 2.53. The summed E-state index contributed by atoms with van der Waals surface area (Å²) in [5, 5.41) is 11.0. The molecule has 2 N–H and O–H groups in total. The molecule has 1 atom stereocenters. The van der Waals surface area contributed by atoms with Crippen LogP contribution in [0.1, 0.15) is 30.6 Å². The predicted molar refractivity (Wildman–Crippen MR) is 87.6 cm³/mol. The van der Waals surface area contributed by atoms with Gasteiger partial charge in [0.2, 0.25) is 0 Å². The molecule has 0 aliphatic carbocycles. The van der Waals surface area contributed by atoms with E-state index < -0.39 is 4.92 Å². The summed E-state index contributed by atoms with van der Waals surface area (Å²) in [5.74, 6) is -0.249. The van der Waals surface area contributed by atoms with Crippen molar-refractivity contribution in [1.29, 1.82) is 0 Å². The van der Waals surface area contributed by atoms with Crippen LogP contribution in [0.2, 0.25) is 5.02 Å². The number of rotatable bonds is 2. The second-order valence-corrected chi connectivity index (χ2v) is 6.50. The lowest BCUT2D eigenvalue weighted by Crippen LogP contribution is -2.54. The first-order valence-corrected chi connectivity index (χ1v) is 7.08. The first-order valence-electron chi connectivity index (χ1n) is 6.70. The minimum absolute atomic E-state index is 0. The number of nitrogens with two attached hydrogens (primary N) is 1. The number of hydrogen-bond donors (Lipinski definition) is 1. The van der Waals surface area contributed by atoms with Crippen molar-refractivity contribution in [2.24, 2.45) is 11.1 Å². The fourth-order valence-corrected chi connectivity index (χ4v) is 2.76. The Morgan fingerprint density at radius 3 is 2.64 bits per heavy atom. The van der Waals surface area contributed by atoms with E-state index in [1.165, 1.54) is 18.2 Å². The van der Waals surface area contributed by atoms with Crippen LogP contribution in [0.25, 0.3) is 0 Å². The van der Waals surface area contributed by atoms with Gasteiger partial charge in [0.05, 0.1) is 4.92 Å². The highest BCUT2D eigenvalue weighted by atomic mass is 35.5. The van der Waals surface area contributed by atoms with Gasteiger partial charge >= 0.3 is 0 Å². The van der Waals surface area contributed by atoms with E-state index in [-0.39, 0.29) is 46.0 Å². The minimum atomic E-state index is -0.557. The van der Waals surface area contributed by atoms with Crippen LogP contribution in [0.15, 0.2) is 18.2 Å². The van der Waals surface area contributed by atoms with Crippen LogP contribution in [0, 0.1) is 15.5 Å². The first kappa shape index (κ1) is 18.7. The summed E-state index contributed by atoms with van der Waals surface area (Å²) in [5.41, 5.74) is 5.93. The molecular weight excluding hydrogens is 329 g/mol. The van der Waals surface area contributed by atoms with Crippen LogP contribution in [-0.2, 0) is 0 Å². The molecule has 1 aliphatic rings. The summed E-state index contributed by atoms with van der Waals surface area (Å²) in [6.07, 6.45) is 0.710. The molecule has 0 aromatic heterocycles. The fraction of sp³-hybridized carbons (Fsp3) is 0.500. The zero-order valence-electron chi connectivity index (χ0n) is 12.4. The lowest BCUT2D eigenvalue weighted by molar-refractivity contribution is -0.384.